The van der Waals surface area contributed by atoms with E-state index in [-0.39, 0.29) is 28.6 Å². The Morgan fingerprint density at radius 1 is 1.28 bits per heavy atom. The van der Waals surface area contributed by atoms with Crippen molar-refractivity contribution in [1.82, 2.24) is 4.90 Å². The molecule has 1 aliphatic carbocycles. The first-order valence-electron chi connectivity index (χ1n) is 9.05. The molecule has 2 bridgehead atoms. The number of amides is 1. The van der Waals surface area contributed by atoms with Crippen LogP contribution in [-0.4, -0.2) is 35.2 Å². The van der Waals surface area contributed by atoms with Gasteiger partial charge in [-0.05, 0) is 36.2 Å². The molecule has 1 saturated heterocycles. The first-order chi connectivity index (χ1) is 11.8. The second kappa shape index (κ2) is 5.55. The summed E-state index contributed by atoms with van der Waals surface area (Å²) < 4.78 is 14.0. The molecule has 1 saturated carbocycles. The van der Waals surface area contributed by atoms with Crippen molar-refractivity contribution in [3.05, 3.63) is 35.6 Å². The fourth-order valence-electron chi connectivity index (χ4n) is 5.27. The van der Waals surface area contributed by atoms with E-state index in [1.165, 1.54) is 6.07 Å². The lowest BCUT2D eigenvalue weighted by Gasteiger charge is -2.39. The van der Waals surface area contributed by atoms with E-state index in [9.17, 15) is 9.18 Å². The standard InChI is InChI=1S/C20H25FN2O2/c1-19(2)9-13-10-20(3,11-19)12-23(13)18(24)17-8-16(22-25-17)14-6-4-5-7-15(14)21/h4-7,13,17H,8-12H2,1-3H3/t13-,17-,20+/m0/s1. The Morgan fingerprint density at radius 2 is 2.04 bits per heavy atom. The zero-order chi connectivity index (χ0) is 17.8. The summed E-state index contributed by atoms with van der Waals surface area (Å²) in [4.78, 5) is 20.5. The van der Waals surface area contributed by atoms with Crippen LogP contribution in [0.4, 0.5) is 4.39 Å². The van der Waals surface area contributed by atoms with Gasteiger partial charge in [-0.15, -0.1) is 0 Å². The SMILES string of the molecule is CC1(C)C[C@H]2C[C@@](C)(CN2C(=O)[C@@H]2CC(c3ccccc3F)=NO2)C1. The molecular formula is C20H25FN2O2. The van der Waals surface area contributed by atoms with Crippen LogP contribution in [0.3, 0.4) is 0 Å². The van der Waals surface area contributed by atoms with Gasteiger partial charge in [0.05, 0.1) is 5.71 Å². The van der Waals surface area contributed by atoms with Crippen LogP contribution in [0, 0.1) is 16.6 Å². The molecule has 25 heavy (non-hydrogen) atoms. The predicted molar refractivity (Wildman–Crippen MR) is 93.7 cm³/mol. The summed E-state index contributed by atoms with van der Waals surface area (Å²) in [5, 5.41) is 4.00. The third-order valence-electron chi connectivity index (χ3n) is 5.83. The van der Waals surface area contributed by atoms with Crippen molar-refractivity contribution in [2.75, 3.05) is 6.54 Å². The molecule has 134 valence electrons. The van der Waals surface area contributed by atoms with Gasteiger partial charge in [-0.2, -0.15) is 0 Å². The largest absolute Gasteiger partial charge is 0.382 e. The van der Waals surface area contributed by atoms with Gasteiger partial charge >= 0.3 is 0 Å². The van der Waals surface area contributed by atoms with Crippen LogP contribution in [-0.2, 0) is 9.63 Å². The molecule has 3 aliphatic rings. The minimum Gasteiger partial charge on any atom is -0.382 e. The van der Waals surface area contributed by atoms with Gasteiger partial charge in [0.25, 0.3) is 5.91 Å². The maximum Gasteiger partial charge on any atom is 0.267 e. The van der Waals surface area contributed by atoms with E-state index in [1.807, 2.05) is 4.90 Å². The van der Waals surface area contributed by atoms with Crippen molar-refractivity contribution in [3.63, 3.8) is 0 Å². The van der Waals surface area contributed by atoms with Gasteiger partial charge in [-0.1, -0.05) is 44.1 Å². The van der Waals surface area contributed by atoms with E-state index in [0.717, 1.165) is 25.8 Å². The number of fused-ring (bicyclic) bond motifs is 2. The Hall–Kier alpha value is -1.91. The zero-order valence-electron chi connectivity index (χ0n) is 15.1. The first-order valence-corrected chi connectivity index (χ1v) is 9.05. The molecule has 0 unspecified atom stereocenters. The molecule has 3 atom stereocenters. The van der Waals surface area contributed by atoms with Crippen molar-refractivity contribution >= 4 is 11.6 Å². The Balaban J connectivity index is 1.48. The molecule has 4 rings (SSSR count). The molecule has 2 heterocycles. The van der Waals surface area contributed by atoms with Crippen LogP contribution in [0.15, 0.2) is 29.4 Å². The smallest absolute Gasteiger partial charge is 0.267 e. The van der Waals surface area contributed by atoms with E-state index in [1.54, 1.807) is 18.2 Å². The molecule has 1 aromatic rings. The fourth-order valence-corrected chi connectivity index (χ4v) is 5.27. The van der Waals surface area contributed by atoms with Crippen molar-refractivity contribution in [3.8, 4) is 0 Å². The number of rotatable bonds is 2. The van der Waals surface area contributed by atoms with Gasteiger partial charge < -0.3 is 9.74 Å². The second-order valence-corrected chi connectivity index (χ2v) is 9.00. The molecule has 0 aromatic heterocycles. The number of hydrogen-bond donors (Lipinski definition) is 0. The summed E-state index contributed by atoms with van der Waals surface area (Å²) in [6, 6.07) is 6.77. The Morgan fingerprint density at radius 3 is 2.80 bits per heavy atom. The molecular weight excluding hydrogens is 319 g/mol. The molecule has 2 aliphatic heterocycles. The van der Waals surface area contributed by atoms with E-state index in [2.05, 4.69) is 25.9 Å². The van der Waals surface area contributed by atoms with Crippen molar-refractivity contribution in [2.24, 2.45) is 16.0 Å². The Bertz CT molecular complexity index is 745. The normalized spacial score (nSPS) is 33.1. The molecule has 2 fully saturated rings. The van der Waals surface area contributed by atoms with Gasteiger partial charge in [0, 0.05) is 24.6 Å². The summed E-state index contributed by atoms with van der Waals surface area (Å²) in [5.41, 5.74) is 1.39. The van der Waals surface area contributed by atoms with Crippen LogP contribution in [0.5, 0.6) is 0 Å². The highest BCUT2D eigenvalue weighted by Gasteiger charge is 2.52. The number of likely N-dealkylation sites (tertiary alicyclic amines) is 1. The topological polar surface area (TPSA) is 41.9 Å². The van der Waals surface area contributed by atoms with Crippen LogP contribution in [0.25, 0.3) is 0 Å². The third kappa shape index (κ3) is 2.94. The number of carbonyl (C=O) groups excluding carboxylic acids is 1. The van der Waals surface area contributed by atoms with E-state index in [4.69, 9.17) is 4.84 Å². The molecule has 0 radical (unpaired) electrons. The molecule has 1 aromatic carbocycles. The van der Waals surface area contributed by atoms with Gasteiger partial charge in [-0.25, -0.2) is 4.39 Å². The highest BCUT2D eigenvalue weighted by atomic mass is 19.1. The van der Waals surface area contributed by atoms with Crippen LogP contribution in [0.1, 0.15) is 52.0 Å². The molecule has 1 amide bonds. The lowest BCUT2D eigenvalue weighted by atomic mass is 9.65. The molecule has 0 N–H and O–H groups in total. The van der Waals surface area contributed by atoms with Crippen molar-refractivity contribution < 1.29 is 14.0 Å². The zero-order valence-corrected chi connectivity index (χ0v) is 15.1. The highest BCUT2D eigenvalue weighted by Crippen LogP contribution is 2.52. The number of benzene rings is 1. The van der Waals surface area contributed by atoms with Crippen LogP contribution in [0.2, 0.25) is 0 Å². The monoisotopic (exact) mass is 344 g/mol. The van der Waals surface area contributed by atoms with Crippen molar-refractivity contribution in [2.45, 2.75) is 58.6 Å². The van der Waals surface area contributed by atoms with E-state index >= 15 is 0 Å². The number of halogens is 1. The minimum atomic E-state index is -0.624. The van der Waals surface area contributed by atoms with Gasteiger partial charge in [0.1, 0.15) is 5.82 Å². The first kappa shape index (κ1) is 16.6. The quantitative estimate of drug-likeness (QED) is 0.820. The number of hydrogen-bond acceptors (Lipinski definition) is 3. The number of nitrogens with zero attached hydrogens (tertiary/aromatic N) is 2. The molecule has 0 spiro atoms. The average molecular weight is 344 g/mol. The maximum atomic E-state index is 14.0. The average Bonchev–Trinajstić information content (AvgIpc) is 3.09. The number of carbonyl (C=O) groups is 1. The summed E-state index contributed by atoms with van der Waals surface area (Å²) in [6.45, 7) is 7.65. The Kier molecular flexibility index (Phi) is 3.67. The predicted octanol–water partition coefficient (Wildman–Crippen LogP) is 3.75. The summed E-state index contributed by atoms with van der Waals surface area (Å²) in [6.07, 6.45) is 2.95. The van der Waals surface area contributed by atoms with E-state index in [0.29, 0.717) is 17.7 Å². The summed E-state index contributed by atoms with van der Waals surface area (Å²) >= 11 is 0. The highest BCUT2D eigenvalue weighted by molar-refractivity contribution is 6.04. The van der Waals surface area contributed by atoms with Crippen LogP contribution < -0.4 is 0 Å². The van der Waals surface area contributed by atoms with Gasteiger partial charge in [0.15, 0.2) is 0 Å². The van der Waals surface area contributed by atoms with Crippen molar-refractivity contribution in [1.29, 1.82) is 0 Å². The summed E-state index contributed by atoms with van der Waals surface area (Å²) in [7, 11) is 0. The lowest BCUT2D eigenvalue weighted by molar-refractivity contribution is -0.143. The minimum absolute atomic E-state index is 0.00140. The van der Waals surface area contributed by atoms with E-state index < -0.39 is 6.10 Å². The molecule has 5 heteroatoms. The number of oxime groups is 1. The lowest BCUT2D eigenvalue weighted by Crippen LogP contribution is -2.43. The third-order valence-corrected chi connectivity index (χ3v) is 5.83. The van der Waals surface area contributed by atoms with Gasteiger partial charge in [0.2, 0.25) is 6.10 Å². The maximum absolute atomic E-state index is 14.0. The Labute approximate surface area is 148 Å². The molecule has 4 nitrogen and oxygen atoms in total. The van der Waals surface area contributed by atoms with Gasteiger partial charge in [-0.3, -0.25) is 4.79 Å². The fraction of sp³-hybridized carbons (Fsp3) is 0.600. The summed E-state index contributed by atoms with van der Waals surface area (Å²) in [5.74, 6) is -0.328. The second-order valence-electron chi connectivity index (χ2n) is 9.00. The van der Waals surface area contributed by atoms with Crippen LogP contribution >= 0.6 is 0 Å².